The summed E-state index contributed by atoms with van der Waals surface area (Å²) < 4.78 is 2.33. The zero-order valence-electron chi connectivity index (χ0n) is 30.6. The molecule has 7 aromatic carbocycles. The molecule has 0 saturated carbocycles. The van der Waals surface area contributed by atoms with Gasteiger partial charge in [-0.25, -0.2) is 0 Å². The van der Waals surface area contributed by atoms with Crippen LogP contribution >= 0.6 is 0 Å². The van der Waals surface area contributed by atoms with Crippen molar-refractivity contribution in [2.45, 2.75) is 40.5 Å². The maximum absolute atomic E-state index is 6.73. The summed E-state index contributed by atoms with van der Waals surface area (Å²) in [5, 5.41) is 8.89. The fraction of sp³-hybridized carbons (Fsp3) is 0.120. The highest BCUT2D eigenvalue weighted by molar-refractivity contribution is 6.15. The number of para-hydroxylation sites is 1. The highest BCUT2D eigenvalue weighted by Crippen LogP contribution is 2.40. The Bertz CT molecular complexity index is 2570. The van der Waals surface area contributed by atoms with Crippen LogP contribution in [0.25, 0.3) is 71.8 Å². The Labute approximate surface area is 307 Å². The molecule has 2 heteroatoms. The number of aromatic nitrogens is 1. The SMILES string of the molecule is C/C=C\c1c(C)c2ccccc2n1-c1cccc(/C(N)=C/C=C\Cc2c3ccccc3c(-c3ccc4ccccc4c3)c3ccccc23)c1.CCC. The third kappa shape index (κ3) is 6.56. The van der Waals surface area contributed by atoms with E-state index in [0.29, 0.717) is 0 Å². The van der Waals surface area contributed by atoms with Gasteiger partial charge in [0.05, 0.1) is 5.52 Å². The maximum atomic E-state index is 6.73. The molecule has 0 amide bonds. The van der Waals surface area contributed by atoms with Crippen molar-refractivity contribution in [1.29, 1.82) is 0 Å². The molecular formula is C50H46N2. The maximum Gasteiger partial charge on any atom is 0.0537 e. The summed E-state index contributed by atoms with van der Waals surface area (Å²) in [6.07, 6.45) is 12.7. The van der Waals surface area contributed by atoms with Crippen molar-refractivity contribution in [3.8, 4) is 16.8 Å². The lowest BCUT2D eigenvalue weighted by molar-refractivity contribution is 1.09. The predicted molar refractivity (Wildman–Crippen MR) is 228 cm³/mol. The van der Waals surface area contributed by atoms with Crippen molar-refractivity contribution >= 4 is 55.0 Å². The summed E-state index contributed by atoms with van der Waals surface area (Å²) in [6.45, 7) is 8.51. The molecule has 0 fully saturated rings. The Morgan fingerprint density at radius 2 is 1.27 bits per heavy atom. The Morgan fingerprint density at radius 1 is 0.654 bits per heavy atom. The third-order valence-electron chi connectivity index (χ3n) is 9.75. The van der Waals surface area contributed by atoms with Gasteiger partial charge in [0.2, 0.25) is 0 Å². The minimum Gasteiger partial charge on any atom is -0.398 e. The molecule has 8 rings (SSSR count). The van der Waals surface area contributed by atoms with Crippen LogP contribution in [0.4, 0.5) is 0 Å². The van der Waals surface area contributed by atoms with E-state index < -0.39 is 0 Å². The van der Waals surface area contributed by atoms with Gasteiger partial charge in [-0.2, -0.15) is 0 Å². The van der Waals surface area contributed by atoms with E-state index in [0.717, 1.165) is 23.4 Å². The minimum atomic E-state index is 0.736. The van der Waals surface area contributed by atoms with E-state index in [-0.39, 0.29) is 0 Å². The standard InChI is InChI=1S/C47H38N2.C3H8/c1-3-15-45-32(2)38-20-11-13-27-46(38)49(45)37-19-14-18-35(31-37)44(48)26-12-10-21-39-40-22-6-8-24-42(40)47(43-25-9-7-23-41(39)43)36-29-28-33-16-4-5-17-34(33)30-36;1-3-2/h3-20,22-31H,21,48H2,1-2H3;3H2,1-2H3/b12-10-,15-3-,44-26-;. The monoisotopic (exact) mass is 674 g/mol. The Kier molecular flexibility index (Phi) is 10.2. The number of allylic oxidation sites excluding steroid dienone is 4. The number of hydrogen-bond donors (Lipinski definition) is 1. The number of rotatable bonds is 7. The second-order valence-electron chi connectivity index (χ2n) is 13.4. The molecule has 0 saturated heterocycles. The van der Waals surface area contributed by atoms with Gasteiger partial charge in [0.1, 0.15) is 0 Å². The molecule has 2 N–H and O–H groups in total. The number of nitrogens with zero attached hydrogens (tertiary/aromatic N) is 1. The van der Waals surface area contributed by atoms with Gasteiger partial charge >= 0.3 is 0 Å². The molecule has 1 aromatic heterocycles. The topological polar surface area (TPSA) is 30.9 Å². The summed E-state index contributed by atoms with van der Waals surface area (Å²) in [5.41, 5.74) is 17.1. The zero-order valence-corrected chi connectivity index (χ0v) is 30.6. The number of aryl methyl sites for hydroxylation is 1. The number of fused-ring (bicyclic) bond motifs is 4. The molecule has 0 aliphatic heterocycles. The van der Waals surface area contributed by atoms with Crippen LogP contribution < -0.4 is 5.73 Å². The van der Waals surface area contributed by atoms with Crippen LogP contribution in [0.5, 0.6) is 0 Å². The van der Waals surface area contributed by atoms with Crippen LogP contribution in [-0.4, -0.2) is 4.57 Å². The van der Waals surface area contributed by atoms with Crippen molar-refractivity contribution in [2.24, 2.45) is 5.73 Å². The van der Waals surface area contributed by atoms with Crippen molar-refractivity contribution in [3.63, 3.8) is 0 Å². The first-order chi connectivity index (χ1) is 25.5. The molecule has 0 spiro atoms. The molecule has 2 nitrogen and oxygen atoms in total. The largest absolute Gasteiger partial charge is 0.398 e. The average molecular weight is 675 g/mol. The Morgan fingerprint density at radius 3 is 1.96 bits per heavy atom. The second-order valence-corrected chi connectivity index (χ2v) is 13.4. The smallest absolute Gasteiger partial charge is 0.0537 e. The van der Waals surface area contributed by atoms with E-state index in [9.17, 15) is 0 Å². The fourth-order valence-electron chi connectivity index (χ4n) is 7.43. The Hall–Kier alpha value is -6.12. The molecule has 0 aliphatic rings. The quantitative estimate of drug-likeness (QED) is 0.132. The van der Waals surface area contributed by atoms with Crippen molar-refractivity contribution in [3.05, 3.63) is 186 Å². The van der Waals surface area contributed by atoms with Gasteiger partial charge in [0.25, 0.3) is 0 Å². The zero-order chi connectivity index (χ0) is 36.0. The second kappa shape index (κ2) is 15.4. The van der Waals surface area contributed by atoms with Crippen molar-refractivity contribution in [2.75, 3.05) is 0 Å². The van der Waals surface area contributed by atoms with E-state index >= 15 is 0 Å². The average Bonchev–Trinajstić information content (AvgIpc) is 3.46. The van der Waals surface area contributed by atoms with E-state index in [1.807, 2.05) is 6.08 Å². The predicted octanol–water partition coefficient (Wildman–Crippen LogP) is 13.6. The number of hydrogen-bond acceptors (Lipinski definition) is 1. The molecule has 52 heavy (non-hydrogen) atoms. The van der Waals surface area contributed by atoms with Gasteiger partial charge in [-0.15, -0.1) is 0 Å². The normalized spacial score (nSPS) is 12.0. The van der Waals surface area contributed by atoms with Crippen LogP contribution in [0.2, 0.25) is 0 Å². The van der Waals surface area contributed by atoms with Crippen molar-refractivity contribution < 1.29 is 0 Å². The summed E-state index contributed by atoms with van der Waals surface area (Å²) in [5.74, 6) is 0. The third-order valence-corrected chi connectivity index (χ3v) is 9.75. The van der Waals surface area contributed by atoms with Gasteiger partial charge in [-0.05, 0) is 117 Å². The molecule has 0 atom stereocenters. The Balaban J connectivity index is 0.00000136. The molecule has 256 valence electrons. The van der Waals surface area contributed by atoms with E-state index in [4.69, 9.17) is 5.73 Å². The highest BCUT2D eigenvalue weighted by Gasteiger charge is 2.16. The lowest BCUT2D eigenvalue weighted by atomic mass is 9.87. The van der Waals surface area contributed by atoms with Gasteiger partial charge < -0.3 is 10.3 Å². The van der Waals surface area contributed by atoms with Crippen LogP contribution in [0.3, 0.4) is 0 Å². The summed E-state index contributed by atoms with van der Waals surface area (Å²) in [4.78, 5) is 0. The van der Waals surface area contributed by atoms with Gasteiger partial charge in [0, 0.05) is 22.5 Å². The first-order valence-corrected chi connectivity index (χ1v) is 18.4. The molecule has 0 radical (unpaired) electrons. The van der Waals surface area contributed by atoms with Gasteiger partial charge in [-0.1, -0.05) is 154 Å². The number of nitrogens with two attached hydrogens (primary N) is 1. The first kappa shape index (κ1) is 34.3. The molecule has 0 bridgehead atoms. The minimum absolute atomic E-state index is 0.736. The fourth-order valence-corrected chi connectivity index (χ4v) is 7.43. The molecule has 1 heterocycles. The van der Waals surface area contributed by atoms with E-state index in [1.165, 1.54) is 77.6 Å². The molecule has 0 aliphatic carbocycles. The molecule has 8 aromatic rings. The summed E-state index contributed by atoms with van der Waals surface area (Å²) in [7, 11) is 0. The lowest BCUT2D eigenvalue weighted by Crippen LogP contribution is -2.01. The molecular weight excluding hydrogens is 629 g/mol. The highest BCUT2D eigenvalue weighted by atomic mass is 15.0. The summed E-state index contributed by atoms with van der Waals surface area (Å²) >= 11 is 0. The molecule has 0 unspecified atom stereocenters. The van der Waals surface area contributed by atoms with Crippen molar-refractivity contribution in [1.82, 2.24) is 4.57 Å². The van der Waals surface area contributed by atoms with Gasteiger partial charge in [0.15, 0.2) is 0 Å². The van der Waals surface area contributed by atoms with Crippen LogP contribution in [0.1, 0.15) is 49.6 Å². The van der Waals surface area contributed by atoms with E-state index in [2.05, 4.69) is 196 Å². The van der Waals surface area contributed by atoms with Crippen LogP contribution in [0, 0.1) is 6.92 Å². The first-order valence-electron chi connectivity index (χ1n) is 18.4. The van der Waals surface area contributed by atoms with Crippen LogP contribution in [0.15, 0.2) is 164 Å². The van der Waals surface area contributed by atoms with Crippen LogP contribution in [-0.2, 0) is 6.42 Å². The number of benzene rings is 7. The summed E-state index contributed by atoms with van der Waals surface area (Å²) in [6, 6.07) is 50.2. The van der Waals surface area contributed by atoms with Gasteiger partial charge in [-0.3, -0.25) is 0 Å². The van der Waals surface area contributed by atoms with E-state index in [1.54, 1.807) is 0 Å². The lowest BCUT2D eigenvalue weighted by Gasteiger charge is -2.17.